The summed E-state index contributed by atoms with van der Waals surface area (Å²) in [5.74, 6) is -1.95. The third-order valence-electron chi connectivity index (χ3n) is 4.81. The number of benzene rings is 2. The minimum Gasteiger partial charge on any atom is -0.503 e. The van der Waals surface area contributed by atoms with Crippen molar-refractivity contribution in [1.82, 2.24) is 10.2 Å². The average Bonchev–Trinajstić information content (AvgIpc) is 2.84. The van der Waals surface area contributed by atoms with E-state index in [1.54, 1.807) is 0 Å². The third kappa shape index (κ3) is 6.98. The Morgan fingerprint density at radius 1 is 0.771 bits per heavy atom. The molecule has 0 atom stereocenters. The summed E-state index contributed by atoms with van der Waals surface area (Å²) in [5.41, 5.74) is 0.926. The van der Waals surface area contributed by atoms with E-state index >= 15 is 0 Å². The number of amides is 2. The Morgan fingerprint density at radius 3 is 1.74 bits per heavy atom. The predicted octanol–water partition coefficient (Wildman–Crippen LogP) is 6.75. The number of esters is 1. The Labute approximate surface area is 251 Å². The molecule has 0 aliphatic rings. The van der Waals surface area contributed by atoms with E-state index in [4.69, 9.17) is 0 Å². The maximum atomic E-state index is 13.2. The molecule has 9 nitrogen and oxygen atoms in total. The zero-order valence-electron chi connectivity index (χ0n) is 17.8. The minimum absolute atomic E-state index is 0.00647. The fourth-order valence-electron chi connectivity index (χ4n) is 2.90. The molecule has 0 saturated heterocycles. The summed E-state index contributed by atoms with van der Waals surface area (Å²) in [6, 6.07) is -0.514. The van der Waals surface area contributed by atoms with E-state index in [0.717, 1.165) is 0 Å². The lowest BCUT2D eigenvalue weighted by molar-refractivity contribution is -0.140. The average molecular weight is 878 g/mol. The first-order chi connectivity index (χ1) is 16.3. The number of aromatic hydroxyl groups is 4. The van der Waals surface area contributed by atoms with Gasteiger partial charge < -0.3 is 35.4 Å². The fourth-order valence-corrected chi connectivity index (χ4v) is 6.36. The maximum Gasteiger partial charge on any atom is 0.317 e. The zero-order chi connectivity index (χ0) is 26.6. The van der Waals surface area contributed by atoms with Crippen molar-refractivity contribution in [3.05, 3.63) is 38.0 Å². The van der Waals surface area contributed by atoms with Gasteiger partial charge in [0, 0.05) is 46.1 Å². The first-order valence-electron chi connectivity index (χ1n) is 9.57. The number of ether oxygens (including phenoxy) is 1. The zero-order valence-corrected chi connectivity index (χ0v) is 27.3. The summed E-state index contributed by atoms with van der Waals surface area (Å²) >= 11 is 19.5. The lowest BCUT2D eigenvalue weighted by atomic mass is 10.1. The van der Waals surface area contributed by atoms with Crippen LogP contribution in [0.25, 0.3) is 0 Å². The lowest BCUT2D eigenvalue weighted by Gasteiger charge is -2.25. The number of carbonyl (C=O) groups excluding carboxylic acids is 2. The van der Waals surface area contributed by atoms with E-state index in [9.17, 15) is 30.0 Å². The number of halogens is 6. The van der Waals surface area contributed by atoms with Gasteiger partial charge in [0.05, 0.1) is 25.0 Å². The van der Waals surface area contributed by atoms with Crippen LogP contribution in [0.15, 0.2) is 26.8 Å². The lowest BCUT2D eigenvalue weighted by Crippen LogP contribution is -2.40. The fraction of sp³-hybridized carbons (Fsp3) is 0.300. The third-order valence-corrected chi connectivity index (χ3v) is 10.9. The van der Waals surface area contributed by atoms with Crippen LogP contribution in [-0.2, 0) is 22.6 Å². The summed E-state index contributed by atoms with van der Waals surface area (Å²) in [6.45, 7) is 0.117. The molecule has 0 aliphatic heterocycles. The van der Waals surface area contributed by atoms with E-state index in [2.05, 4.69) is 106 Å². The molecule has 0 radical (unpaired) electrons. The SMILES string of the molecule is COC(=O)CCCN(Cc1c(Br)c(O)c(O)c(Br)c1Br)C(=O)NCc1c(Br)c(O)c(O)c(Br)c1Br. The molecule has 35 heavy (non-hydrogen) atoms. The molecule has 0 aromatic heterocycles. The van der Waals surface area contributed by atoms with Crippen LogP contribution >= 0.6 is 95.6 Å². The Hall–Kier alpha value is -0.740. The van der Waals surface area contributed by atoms with Crippen LogP contribution < -0.4 is 5.32 Å². The predicted molar refractivity (Wildman–Crippen MR) is 150 cm³/mol. The molecular formula is C20H18Br6N2O7. The first-order valence-corrected chi connectivity index (χ1v) is 14.3. The largest absolute Gasteiger partial charge is 0.503 e. The molecule has 0 aliphatic carbocycles. The number of rotatable bonds is 8. The van der Waals surface area contributed by atoms with Crippen molar-refractivity contribution in [3.63, 3.8) is 0 Å². The molecule has 0 spiro atoms. The van der Waals surface area contributed by atoms with Crippen LogP contribution in [0.2, 0.25) is 0 Å². The molecule has 5 N–H and O–H groups in total. The normalized spacial score (nSPS) is 10.8. The van der Waals surface area contributed by atoms with E-state index < -0.39 is 23.5 Å². The molecular weight excluding hydrogens is 860 g/mol. The number of phenols is 4. The van der Waals surface area contributed by atoms with Crippen molar-refractivity contribution in [1.29, 1.82) is 0 Å². The standard InChI is InChI=1S/C20H18Br6N2O7/c1-35-9(29)3-2-4-28(6-8-11(22)15(26)19(33)17(31)13(8)24)20(34)27-5-7-10(21)14(25)18(32)16(30)12(7)23/h30-33H,2-6H2,1H3,(H,27,34). The van der Waals surface area contributed by atoms with Gasteiger partial charge in [-0.2, -0.15) is 0 Å². The maximum absolute atomic E-state index is 13.2. The summed E-state index contributed by atoms with van der Waals surface area (Å²) in [7, 11) is 1.28. The van der Waals surface area contributed by atoms with Crippen LogP contribution in [0, 0.1) is 0 Å². The van der Waals surface area contributed by atoms with Gasteiger partial charge in [0.15, 0.2) is 23.0 Å². The molecule has 0 unspecified atom stereocenters. The van der Waals surface area contributed by atoms with Crippen LogP contribution in [0.5, 0.6) is 23.0 Å². The van der Waals surface area contributed by atoms with Gasteiger partial charge in [0.2, 0.25) is 0 Å². The highest BCUT2D eigenvalue weighted by molar-refractivity contribution is 9.13. The van der Waals surface area contributed by atoms with Gasteiger partial charge in [-0.1, -0.05) is 0 Å². The molecule has 2 rings (SSSR count). The highest BCUT2D eigenvalue weighted by Gasteiger charge is 2.25. The number of hydrogen-bond donors (Lipinski definition) is 5. The molecule has 2 aromatic carbocycles. The Kier molecular flexibility index (Phi) is 11.5. The van der Waals surface area contributed by atoms with Crippen molar-refractivity contribution < 1.29 is 34.8 Å². The quantitative estimate of drug-likeness (QED) is 0.112. The number of hydrogen-bond acceptors (Lipinski definition) is 7. The van der Waals surface area contributed by atoms with Crippen LogP contribution in [-0.4, -0.2) is 51.0 Å². The van der Waals surface area contributed by atoms with E-state index in [1.807, 2.05) is 0 Å². The van der Waals surface area contributed by atoms with Crippen LogP contribution in [0.4, 0.5) is 4.79 Å². The van der Waals surface area contributed by atoms with E-state index in [1.165, 1.54) is 12.0 Å². The van der Waals surface area contributed by atoms with Gasteiger partial charge in [-0.3, -0.25) is 4.79 Å². The van der Waals surface area contributed by atoms with Gasteiger partial charge >= 0.3 is 12.0 Å². The van der Waals surface area contributed by atoms with Gasteiger partial charge in [-0.25, -0.2) is 4.79 Å². The van der Waals surface area contributed by atoms with Gasteiger partial charge in [-0.15, -0.1) is 0 Å². The van der Waals surface area contributed by atoms with Crippen molar-refractivity contribution in [3.8, 4) is 23.0 Å². The van der Waals surface area contributed by atoms with Crippen molar-refractivity contribution in [2.75, 3.05) is 13.7 Å². The second-order valence-electron chi connectivity index (χ2n) is 7.00. The monoisotopic (exact) mass is 872 g/mol. The smallest absolute Gasteiger partial charge is 0.317 e. The Balaban J connectivity index is 2.34. The van der Waals surface area contributed by atoms with Crippen LogP contribution in [0.1, 0.15) is 24.0 Å². The van der Waals surface area contributed by atoms with Gasteiger partial charge in [0.25, 0.3) is 0 Å². The molecule has 0 saturated carbocycles. The highest BCUT2D eigenvalue weighted by atomic mass is 79.9. The number of carbonyl (C=O) groups is 2. The molecule has 192 valence electrons. The van der Waals surface area contributed by atoms with Crippen LogP contribution in [0.3, 0.4) is 0 Å². The molecule has 0 heterocycles. The molecule has 0 bridgehead atoms. The Morgan fingerprint density at radius 2 is 1.23 bits per heavy atom. The number of nitrogens with zero attached hydrogens (tertiary/aromatic N) is 1. The summed E-state index contributed by atoms with van der Waals surface area (Å²) in [5, 5.41) is 43.1. The first kappa shape index (κ1) is 30.5. The second kappa shape index (κ2) is 13.2. The summed E-state index contributed by atoms with van der Waals surface area (Å²) in [4.78, 5) is 26.1. The summed E-state index contributed by atoms with van der Waals surface area (Å²) < 4.78 is 6.31. The summed E-state index contributed by atoms with van der Waals surface area (Å²) in [6.07, 6.45) is 0.391. The number of methoxy groups -OCH3 is 1. The van der Waals surface area contributed by atoms with Gasteiger partial charge in [-0.05, 0) is 102 Å². The van der Waals surface area contributed by atoms with Crippen molar-refractivity contribution in [2.45, 2.75) is 25.9 Å². The van der Waals surface area contributed by atoms with Crippen molar-refractivity contribution >= 4 is 108 Å². The molecule has 15 heteroatoms. The Bertz CT molecular complexity index is 1100. The molecule has 0 fully saturated rings. The number of phenolic OH excluding ortho intramolecular Hbond substituents is 4. The number of nitrogens with one attached hydrogen (secondary N) is 1. The second-order valence-corrected chi connectivity index (χ2v) is 11.8. The minimum atomic E-state index is -0.514. The van der Waals surface area contributed by atoms with Gasteiger partial charge in [0.1, 0.15) is 0 Å². The molecule has 2 amide bonds. The highest BCUT2D eigenvalue weighted by Crippen LogP contribution is 2.48. The molecule has 2 aromatic rings. The van der Waals surface area contributed by atoms with E-state index in [0.29, 0.717) is 26.5 Å². The number of urea groups is 1. The van der Waals surface area contributed by atoms with Crippen molar-refractivity contribution in [2.24, 2.45) is 0 Å². The van der Waals surface area contributed by atoms with E-state index in [-0.39, 0.29) is 55.4 Å². The topological polar surface area (TPSA) is 140 Å².